The van der Waals surface area contributed by atoms with Crippen LogP contribution in [0.25, 0.3) is 3.58 Å². The molecular formula is C23H21I. The second-order valence-corrected chi connectivity index (χ2v) is 6.89. The van der Waals surface area contributed by atoms with Crippen LogP contribution in [-0.4, -0.2) is 0 Å². The third kappa shape index (κ3) is 3.78. The Morgan fingerprint density at radius 2 is 1.12 bits per heavy atom. The Hall–Kier alpha value is -1.87. The summed E-state index contributed by atoms with van der Waals surface area (Å²) in [6, 6.07) is 32.4. The average Bonchev–Trinajstić information content (AvgIpc) is 2.67. The summed E-state index contributed by atoms with van der Waals surface area (Å²) in [5.41, 5.74) is 5.47. The third-order valence-corrected chi connectivity index (χ3v) is 5.62. The van der Waals surface area contributed by atoms with Crippen LogP contribution in [0, 0.1) is 0 Å². The first-order valence-electron chi connectivity index (χ1n) is 8.35. The minimum absolute atomic E-state index is 0.296. The maximum atomic E-state index is 2.52. The monoisotopic (exact) mass is 424 g/mol. The maximum absolute atomic E-state index is 2.52. The van der Waals surface area contributed by atoms with E-state index in [0.29, 0.717) is 5.92 Å². The second kappa shape index (κ2) is 8.29. The predicted octanol–water partition coefficient (Wildman–Crippen LogP) is 7.07. The molecule has 0 nitrogen and oxygen atoms in total. The molecule has 0 atom stereocenters. The van der Waals surface area contributed by atoms with Gasteiger partial charge in [-0.25, -0.2) is 0 Å². The molecule has 0 aliphatic rings. The highest BCUT2D eigenvalue weighted by atomic mass is 127. The van der Waals surface area contributed by atoms with Gasteiger partial charge in [0.15, 0.2) is 0 Å². The lowest BCUT2D eigenvalue weighted by Gasteiger charge is -2.23. The van der Waals surface area contributed by atoms with Gasteiger partial charge in [-0.15, -0.1) is 0 Å². The highest BCUT2D eigenvalue weighted by Crippen LogP contribution is 2.40. The second-order valence-electron chi connectivity index (χ2n) is 5.81. The van der Waals surface area contributed by atoms with Crippen LogP contribution in [0.4, 0.5) is 0 Å². The van der Waals surface area contributed by atoms with Gasteiger partial charge in [-0.05, 0) is 51.3 Å². The van der Waals surface area contributed by atoms with E-state index in [4.69, 9.17) is 0 Å². The van der Waals surface area contributed by atoms with Crippen molar-refractivity contribution in [2.75, 3.05) is 0 Å². The summed E-state index contributed by atoms with van der Waals surface area (Å²) in [6.07, 6.45) is 1.03. The van der Waals surface area contributed by atoms with Crippen molar-refractivity contribution in [3.05, 3.63) is 113 Å². The van der Waals surface area contributed by atoms with Crippen molar-refractivity contribution in [2.24, 2.45) is 0 Å². The molecule has 0 fully saturated rings. The van der Waals surface area contributed by atoms with Crippen molar-refractivity contribution >= 4 is 26.2 Å². The smallest absolute Gasteiger partial charge is 0.0312 e. The summed E-state index contributed by atoms with van der Waals surface area (Å²) in [7, 11) is 0. The molecule has 0 saturated carbocycles. The fourth-order valence-corrected chi connectivity index (χ4v) is 4.19. The van der Waals surface area contributed by atoms with Gasteiger partial charge in [-0.1, -0.05) is 97.9 Å². The predicted molar refractivity (Wildman–Crippen MR) is 112 cm³/mol. The Labute approximate surface area is 158 Å². The number of rotatable bonds is 5. The Morgan fingerprint density at radius 1 is 0.708 bits per heavy atom. The van der Waals surface area contributed by atoms with Crippen LogP contribution < -0.4 is 0 Å². The molecule has 24 heavy (non-hydrogen) atoms. The summed E-state index contributed by atoms with van der Waals surface area (Å²) in [5.74, 6) is 0.296. The minimum Gasteiger partial charge on any atom is -0.0622 e. The van der Waals surface area contributed by atoms with E-state index in [0.717, 1.165) is 6.42 Å². The van der Waals surface area contributed by atoms with Crippen LogP contribution in [-0.2, 0) is 0 Å². The largest absolute Gasteiger partial charge is 0.0622 e. The van der Waals surface area contributed by atoms with E-state index in [1.807, 2.05) is 0 Å². The fraction of sp³-hybridized carbons (Fsp3) is 0.130. The van der Waals surface area contributed by atoms with E-state index in [1.165, 1.54) is 25.8 Å². The first-order chi connectivity index (χ1) is 11.8. The molecule has 0 radical (unpaired) electrons. The van der Waals surface area contributed by atoms with Crippen molar-refractivity contribution in [3.63, 3.8) is 0 Å². The first kappa shape index (κ1) is 17.0. The molecule has 0 bridgehead atoms. The minimum atomic E-state index is 0.296. The molecule has 120 valence electrons. The molecule has 0 aliphatic carbocycles. The summed E-state index contributed by atoms with van der Waals surface area (Å²) in [6.45, 7) is 2.26. The van der Waals surface area contributed by atoms with Crippen LogP contribution in [0.5, 0.6) is 0 Å². The average molecular weight is 424 g/mol. The van der Waals surface area contributed by atoms with Crippen LogP contribution >= 0.6 is 22.6 Å². The van der Waals surface area contributed by atoms with Crippen molar-refractivity contribution in [1.29, 1.82) is 0 Å². The van der Waals surface area contributed by atoms with Gasteiger partial charge in [-0.2, -0.15) is 0 Å². The van der Waals surface area contributed by atoms with Crippen molar-refractivity contribution in [2.45, 2.75) is 19.3 Å². The quantitative estimate of drug-likeness (QED) is 0.384. The van der Waals surface area contributed by atoms with Gasteiger partial charge in [-0.3, -0.25) is 0 Å². The molecule has 0 aromatic heterocycles. The van der Waals surface area contributed by atoms with Gasteiger partial charge in [0.1, 0.15) is 0 Å². The molecule has 0 aliphatic heterocycles. The zero-order valence-electron chi connectivity index (χ0n) is 13.8. The molecule has 0 amide bonds. The van der Waals surface area contributed by atoms with Gasteiger partial charge < -0.3 is 0 Å². The fourth-order valence-electron chi connectivity index (χ4n) is 3.14. The van der Waals surface area contributed by atoms with Gasteiger partial charge >= 0.3 is 0 Å². The zero-order valence-corrected chi connectivity index (χ0v) is 16.0. The lowest BCUT2D eigenvalue weighted by Crippen LogP contribution is -2.06. The summed E-state index contributed by atoms with van der Waals surface area (Å²) in [4.78, 5) is 0. The molecule has 0 heterocycles. The van der Waals surface area contributed by atoms with Crippen molar-refractivity contribution in [3.8, 4) is 0 Å². The van der Waals surface area contributed by atoms with Crippen molar-refractivity contribution < 1.29 is 0 Å². The SMILES string of the molecule is CC/C(=C(\I)c1ccccc1)C(c1ccccc1)c1ccccc1. The molecule has 1 heteroatoms. The Morgan fingerprint density at radius 3 is 1.54 bits per heavy atom. The normalized spacial score (nSPS) is 12.1. The van der Waals surface area contributed by atoms with E-state index < -0.39 is 0 Å². The third-order valence-electron chi connectivity index (χ3n) is 4.30. The number of allylic oxidation sites excluding steroid dienone is 1. The highest BCUT2D eigenvalue weighted by molar-refractivity contribution is 14.1. The molecule has 0 N–H and O–H groups in total. The highest BCUT2D eigenvalue weighted by Gasteiger charge is 2.20. The van der Waals surface area contributed by atoms with Gasteiger partial charge in [0.05, 0.1) is 0 Å². The molecular weight excluding hydrogens is 403 g/mol. The van der Waals surface area contributed by atoms with Crippen LogP contribution in [0.15, 0.2) is 96.6 Å². The lowest BCUT2D eigenvalue weighted by atomic mass is 9.83. The van der Waals surface area contributed by atoms with E-state index in [2.05, 4.69) is 121 Å². The van der Waals surface area contributed by atoms with Crippen LogP contribution in [0.1, 0.15) is 36.0 Å². The number of halogens is 1. The number of hydrogen-bond acceptors (Lipinski definition) is 0. The maximum Gasteiger partial charge on any atom is 0.0312 e. The molecule has 3 aromatic rings. The van der Waals surface area contributed by atoms with E-state index >= 15 is 0 Å². The van der Waals surface area contributed by atoms with Gasteiger partial charge in [0, 0.05) is 9.50 Å². The molecule has 0 saturated heterocycles. The lowest BCUT2D eigenvalue weighted by molar-refractivity contribution is 0.888. The van der Waals surface area contributed by atoms with E-state index in [1.54, 1.807) is 0 Å². The number of hydrogen-bond donors (Lipinski definition) is 0. The van der Waals surface area contributed by atoms with Crippen LogP contribution in [0.2, 0.25) is 0 Å². The Balaban J connectivity index is 2.17. The standard InChI is InChI=1S/C23H21I/c1-2-21(23(24)20-16-10-5-11-17-20)22(18-12-6-3-7-13-18)19-14-8-4-9-15-19/h3-17,22H,2H2,1H3/b23-21+. The van der Waals surface area contributed by atoms with Crippen molar-refractivity contribution in [1.82, 2.24) is 0 Å². The summed E-state index contributed by atoms with van der Waals surface area (Å²) in [5, 5.41) is 0. The van der Waals surface area contributed by atoms with Crippen LogP contribution in [0.3, 0.4) is 0 Å². The number of benzene rings is 3. The Bertz CT molecular complexity index is 750. The first-order valence-corrected chi connectivity index (χ1v) is 9.43. The summed E-state index contributed by atoms with van der Waals surface area (Å²) >= 11 is 2.52. The van der Waals surface area contributed by atoms with Gasteiger partial charge in [0.2, 0.25) is 0 Å². The van der Waals surface area contributed by atoms with E-state index in [9.17, 15) is 0 Å². The molecule has 0 unspecified atom stereocenters. The Kier molecular flexibility index (Phi) is 5.86. The topological polar surface area (TPSA) is 0 Å². The molecule has 3 aromatic carbocycles. The van der Waals surface area contributed by atoms with E-state index in [-0.39, 0.29) is 0 Å². The van der Waals surface area contributed by atoms with Gasteiger partial charge in [0.25, 0.3) is 0 Å². The summed E-state index contributed by atoms with van der Waals surface area (Å²) < 4.78 is 1.36. The zero-order chi connectivity index (χ0) is 16.8. The molecule has 3 rings (SSSR count). The molecule has 0 spiro atoms.